The van der Waals surface area contributed by atoms with Crippen molar-refractivity contribution in [2.24, 2.45) is 0 Å². The van der Waals surface area contributed by atoms with Crippen molar-refractivity contribution in [2.75, 3.05) is 44.6 Å². The van der Waals surface area contributed by atoms with Crippen LogP contribution in [0, 0.1) is 17.0 Å². The van der Waals surface area contributed by atoms with E-state index in [1.807, 2.05) is 0 Å². The Hall–Kier alpha value is -1.99. The number of carbonyl (C=O) groups excluding carboxylic acids is 1. The summed E-state index contributed by atoms with van der Waals surface area (Å²) in [5.41, 5.74) is 1.35. The fourth-order valence-electron chi connectivity index (χ4n) is 2.56. The molecule has 7 nitrogen and oxygen atoms in total. The van der Waals surface area contributed by atoms with Crippen LogP contribution in [0.1, 0.15) is 12.5 Å². The molecule has 2 rings (SSSR count). The lowest BCUT2D eigenvalue weighted by Crippen LogP contribution is -2.48. The van der Waals surface area contributed by atoms with Crippen LogP contribution in [0.15, 0.2) is 18.2 Å². The molecule has 1 aromatic carbocycles. The van der Waals surface area contributed by atoms with Gasteiger partial charge in [-0.05, 0) is 25.1 Å². The zero-order chi connectivity index (χ0) is 16.1. The van der Waals surface area contributed by atoms with Crippen molar-refractivity contribution in [3.8, 4) is 0 Å². The van der Waals surface area contributed by atoms with E-state index in [1.54, 1.807) is 13.0 Å². The molecule has 7 heteroatoms. The molecule has 1 saturated heterocycles. The Morgan fingerprint density at radius 2 is 1.91 bits per heavy atom. The van der Waals surface area contributed by atoms with E-state index in [0.717, 1.165) is 32.7 Å². The molecule has 1 aliphatic heterocycles. The zero-order valence-electron chi connectivity index (χ0n) is 13.0. The Morgan fingerprint density at radius 1 is 1.27 bits per heavy atom. The molecule has 1 N–H and O–H groups in total. The van der Waals surface area contributed by atoms with Gasteiger partial charge in [0.1, 0.15) is 0 Å². The second-order valence-electron chi connectivity index (χ2n) is 5.51. The summed E-state index contributed by atoms with van der Waals surface area (Å²) in [5.74, 6) is -0.0816. The summed E-state index contributed by atoms with van der Waals surface area (Å²) < 4.78 is 0. The van der Waals surface area contributed by atoms with Crippen molar-refractivity contribution in [1.29, 1.82) is 0 Å². The summed E-state index contributed by atoms with van der Waals surface area (Å²) in [7, 11) is 0. The van der Waals surface area contributed by atoms with Crippen LogP contribution in [-0.2, 0) is 4.79 Å². The smallest absolute Gasteiger partial charge is 0.269 e. The highest BCUT2D eigenvalue weighted by atomic mass is 16.6. The Morgan fingerprint density at radius 3 is 2.45 bits per heavy atom. The SMILES string of the molecule is CCN1CCN(CC(=O)Nc2ccc([N+](=O)[O-])cc2C)CC1. The van der Waals surface area contributed by atoms with Gasteiger partial charge in [0.05, 0.1) is 11.5 Å². The third-order valence-corrected chi connectivity index (χ3v) is 3.97. The van der Waals surface area contributed by atoms with Crippen molar-refractivity contribution in [1.82, 2.24) is 9.80 Å². The van der Waals surface area contributed by atoms with Gasteiger partial charge in [0.2, 0.25) is 5.91 Å². The molecule has 0 spiro atoms. The Labute approximate surface area is 130 Å². The minimum atomic E-state index is -0.439. The van der Waals surface area contributed by atoms with Crippen LogP contribution in [0.25, 0.3) is 0 Å². The molecule has 1 heterocycles. The van der Waals surface area contributed by atoms with Gasteiger partial charge in [-0.25, -0.2) is 0 Å². The Kier molecular flexibility index (Phi) is 5.46. The predicted octanol–water partition coefficient (Wildman–Crippen LogP) is 1.48. The molecule has 1 amide bonds. The number of nitrogens with one attached hydrogen (secondary N) is 1. The van der Waals surface area contributed by atoms with Crippen molar-refractivity contribution in [2.45, 2.75) is 13.8 Å². The number of nitrogens with zero attached hydrogens (tertiary/aromatic N) is 3. The number of non-ortho nitro benzene ring substituents is 1. The van der Waals surface area contributed by atoms with Crippen LogP contribution in [0.4, 0.5) is 11.4 Å². The van der Waals surface area contributed by atoms with Gasteiger partial charge < -0.3 is 10.2 Å². The van der Waals surface area contributed by atoms with Crippen molar-refractivity contribution >= 4 is 17.3 Å². The summed E-state index contributed by atoms with van der Waals surface area (Å²) in [5, 5.41) is 13.5. The Balaban J connectivity index is 1.88. The van der Waals surface area contributed by atoms with E-state index in [1.165, 1.54) is 12.1 Å². The molecule has 1 fully saturated rings. The van der Waals surface area contributed by atoms with Gasteiger partial charge in [0.25, 0.3) is 5.69 Å². The second kappa shape index (κ2) is 7.33. The topological polar surface area (TPSA) is 78.7 Å². The first kappa shape index (κ1) is 16.4. The number of likely N-dealkylation sites (N-methyl/N-ethyl adjacent to an activating group) is 1. The van der Waals surface area contributed by atoms with Crippen LogP contribution in [0.5, 0.6) is 0 Å². The number of aryl methyl sites for hydroxylation is 1. The van der Waals surface area contributed by atoms with E-state index in [0.29, 0.717) is 17.8 Å². The number of rotatable bonds is 5. The van der Waals surface area contributed by atoms with E-state index in [4.69, 9.17) is 0 Å². The fourth-order valence-corrected chi connectivity index (χ4v) is 2.56. The van der Waals surface area contributed by atoms with E-state index in [-0.39, 0.29) is 11.6 Å². The van der Waals surface area contributed by atoms with Gasteiger partial charge in [-0.3, -0.25) is 19.8 Å². The summed E-state index contributed by atoms with van der Waals surface area (Å²) in [6.45, 7) is 9.04. The first-order chi connectivity index (χ1) is 10.5. The third kappa shape index (κ3) is 4.25. The largest absolute Gasteiger partial charge is 0.325 e. The minimum Gasteiger partial charge on any atom is -0.325 e. The average molecular weight is 306 g/mol. The van der Waals surface area contributed by atoms with Crippen LogP contribution in [0.2, 0.25) is 0 Å². The number of carbonyl (C=O) groups is 1. The fraction of sp³-hybridized carbons (Fsp3) is 0.533. The molecule has 1 aromatic rings. The molecule has 0 atom stereocenters. The van der Waals surface area contributed by atoms with Crippen LogP contribution in [0.3, 0.4) is 0 Å². The molecule has 0 radical (unpaired) electrons. The van der Waals surface area contributed by atoms with E-state index in [2.05, 4.69) is 22.0 Å². The van der Waals surface area contributed by atoms with Crippen LogP contribution in [-0.4, -0.2) is 59.9 Å². The number of hydrogen-bond acceptors (Lipinski definition) is 5. The summed E-state index contributed by atoms with van der Waals surface area (Å²) in [4.78, 5) is 26.9. The van der Waals surface area contributed by atoms with Gasteiger partial charge >= 0.3 is 0 Å². The maximum atomic E-state index is 12.1. The number of nitro benzene ring substituents is 1. The van der Waals surface area contributed by atoms with E-state index in [9.17, 15) is 14.9 Å². The van der Waals surface area contributed by atoms with Gasteiger partial charge in [0.15, 0.2) is 0 Å². The monoisotopic (exact) mass is 306 g/mol. The lowest BCUT2D eigenvalue weighted by atomic mass is 10.2. The molecule has 120 valence electrons. The van der Waals surface area contributed by atoms with Crippen LogP contribution < -0.4 is 5.32 Å². The van der Waals surface area contributed by atoms with Crippen molar-refractivity contribution in [3.05, 3.63) is 33.9 Å². The first-order valence-electron chi connectivity index (χ1n) is 7.49. The maximum Gasteiger partial charge on any atom is 0.269 e. The summed E-state index contributed by atoms with van der Waals surface area (Å²) >= 11 is 0. The molecule has 0 unspecified atom stereocenters. The van der Waals surface area contributed by atoms with Gasteiger partial charge in [-0.1, -0.05) is 6.92 Å². The van der Waals surface area contributed by atoms with Gasteiger partial charge in [0, 0.05) is 44.0 Å². The summed E-state index contributed by atoms with van der Waals surface area (Å²) in [6.07, 6.45) is 0. The molecule has 22 heavy (non-hydrogen) atoms. The van der Waals surface area contributed by atoms with E-state index >= 15 is 0 Å². The lowest BCUT2D eigenvalue weighted by molar-refractivity contribution is -0.384. The molecular weight excluding hydrogens is 284 g/mol. The van der Waals surface area contributed by atoms with Gasteiger partial charge in [-0.15, -0.1) is 0 Å². The van der Waals surface area contributed by atoms with Crippen LogP contribution >= 0.6 is 0 Å². The second-order valence-corrected chi connectivity index (χ2v) is 5.51. The number of benzene rings is 1. The number of amides is 1. The molecule has 1 aliphatic rings. The molecular formula is C15H22N4O3. The first-order valence-corrected chi connectivity index (χ1v) is 7.49. The zero-order valence-corrected chi connectivity index (χ0v) is 13.0. The Bertz CT molecular complexity index is 554. The van der Waals surface area contributed by atoms with Gasteiger partial charge in [-0.2, -0.15) is 0 Å². The highest BCUT2D eigenvalue weighted by Gasteiger charge is 2.18. The van der Waals surface area contributed by atoms with E-state index < -0.39 is 4.92 Å². The molecule has 0 bridgehead atoms. The third-order valence-electron chi connectivity index (χ3n) is 3.97. The van der Waals surface area contributed by atoms with Crippen molar-refractivity contribution in [3.63, 3.8) is 0 Å². The molecule has 0 aromatic heterocycles. The lowest BCUT2D eigenvalue weighted by Gasteiger charge is -2.33. The maximum absolute atomic E-state index is 12.1. The standard InChI is InChI=1S/C15H22N4O3/c1-3-17-6-8-18(9-7-17)11-15(20)16-14-5-4-13(19(21)22)10-12(14)2/h4-5,10H,3,6-9,11H2,1-2H3,(H,16,20). The molecule has 0 saturated carbocycles. The van der Waals surface area contributed by atoms with Crippen molar-refractivity contribution < 1.29 is 9.72 Å². The molecule has 0 aliphatic carbocycles. The normalized spacial score (nSPS) is 16.5. The predicted molar refractivity (Wildman–Crippen MR) is 85.0 cm³/mol. The summed E-state index contributed by atoms with van der Waals surface area (Å²) in [6, 6.07) is 4.46. The average Bonchev–Trinajstić information content (AvgIpc) is 2.50. The highest BCUT2D eigenvalue weighted by Crippen LogP contribution is 2.21. The quantitative estimate of drug-likeness (QED) is 0.658. The number of piperazine rings is 1. The minimum absolute atomic E-state index is 0.0335. The number of anilines is 1. The number of hydrogen-bond donors (Lipinski definition) is 1. The number of nitro groups is 1. The highest BCUT2D eigenvalue weighted by molar-refractivity contribution is 5.93.